The predicted octanol–water partition coefficient (Wildman–Crippen LogP) is 3.42. The maximum Gasteiger partial charge on any atom is 0.303 e. The Hall–Kier alpha value is -1.16. The lowest BCUT2D eigenvalue weighted by atomic mass is 10.1. The Balaban J connectivity index is 2.54. The summed E-state index contributed by atoms with van der Waals surface area (Å²) in [5, 5.41) is 8.15. The summed E-state index contributed by atoms with van der Waals surface area (Å²) in [6, 6.07) is 1.99. The van der Waals surface area contributed by atoms with E-state index in [1.807, 2.05) is 0 Å². The molecule has 1 rings (SSSR count). The number of aliphatic carboxylic acids is 1. The fraction of sp³-hybridized carbons (Fsp3) is 0.364. The largest absolute Gasteiger partial charge is 0.481 e. The van der Waals surface area contributed by atoms with Gasteiger partial charge in [-0.05, 0) is 37.0 Å². The van der Waals surface area contributed by atoms with E-state index >= 15 is 0 Å². The van der Waals surface area contributed by atoms with Crippen molar-refractivity contribution in [3.05, 3.63) is 34.4 Å². The van der Waals surface area contributed by atoms with Crippen LogP contribution in [0.1, 0.15) is 24.8 Å². The van der Waals surface area contributed by atoms with E-state index in [4.69, 9.17) is 16.7 Å². The van der Waals surface area contributed by atoms with Gasteiger partial charge in [-0.1, -0.05) is 11.6 Å². The number of benzene rings is 1. The van der Waals surface area contributed by atoms with Crippen molar-refractivity contribution in [1.82, 2.24) is 0 Å². The summed E-state index contributed by atoms with van der Waals surface area (Å²) in [6.07, 6.45) is 1.30. The van der Waals surface area contributed by atoms with Crippen LogP contribution in [0.15, 0.2) is 12.1 Å². The van der Waals surface area contributed by atoms with Crippen molar-refractivity contribution < 1.29 is 18.7 Å². The number of aryl methyl sites for hydroxylation is 1. The first-order chi connectivity index (χ1) is 7.50. The minimum absolute atomic E-state index is 0.0394. The van der Waals surface area contributed by atoms with Gasteiger partial charge in [0.2, 0.25) is 0 Å². The summed E-state index contributed by atoms with van der Waals surface area (Å²) in [5.74, 6) is -2.10. The SMILES string of the molecule is O=C(O)CCCCc1cc(F)c(Cl)cc1F. The number of unbranched alkanes of at least 4 members (excludes halogenated alkanes) is 1. The van der Waals surface area contributed by atoms with Gasteiger partial charge in [0.05, 0.1) is 5.02 Å². The Morgan fingerprint density at radius 1 is 1.25 bits per heavy atom. The number of carboxylic acid groups (broad SMARTS) is 1. The van der Waals surface area contributed by atoms with Crippen LogP contribution in [-0.2, 0) is 11.2 Å². The van der Waals surface area contributed by atoms with Gasteiger partial charge in [-0.15, -0.1) is 0 Å². The minimum atomic E-state index is -0.886. The van der Waals surface area contributed by atoms with Gasteiger partial charge in [0, 0.05) is 6.42 Å². The van der Waals surface area contributed by atoms with Crippen molar-refractivity contribution in [2.75, 3.05) is 0 Å². The number of hydrogen-bond acceptors (Lipinski definition) is 1. The molecule has 88 valence electrons. The zero-order valence-electron chi connectivity index (χ0n) is 8.47. The zero-order valence-corrected chi connectivity index (χ0v) is 9.23. The number of rotatable bonds is 5. The van der Waals surface area contributed by atoms with Crippen LogP contribution in [0.2, 0.25) is 5.02 Å². The monoisotopic (exact) mass is 248 g/mol. The molecular weight excluding hydrogens is 238 g/mol. The van der Waals surface area contributed by atoms with Crippen LogP contribution in [0, 0.1) is 11.6 Å². The van der Waals surface area contributed by atoms with Crippen molar-refractivity contribution in [2.45, 2.75) is 25.7 Å². The lowest BCUT2D eigenvalue weighted by Gasteiger charge is -2.04. The van der Waals surface area contributed by atoms with Gasteiger partial charge in [0.15, 0.2) is 0 Å². The molecule has 1 N–H and O–H groups in total. The third-order valence-corrected chi connectivity index (χ3v) is 2.47. The summed E-state index contributed by atoms with van der Waals surface area (Å²) in [4.78, 5) is 10.2. The molecule has 0 aromatic heterocycles. The number of carbonyl (C=O) groups is 1. The zero-order chi connectivity index (χ0) is 12.1. The normalized spacial score (nSPS) is 10.4. The Morgan fingerprint density at radius 3 is 2.56 bits per heavy atom. The first kappa shape index (κ1) is 12.9. The maximum atomic E-state index is 13.2. The highest BCUT2D eigenvalue weighted by molar-refractivity contribution is 6.30. The van der Waals surface area contributed by atoms with Crippen molar-refractivity contribution in [2.24, 2.45) is 0 Å². The predicted molar refractivity (Wildman–Crippen MR) is 56.6 cm³/mol. The first-order valence-electron chi connectivity index (χ1n) is 4.86. The van der Waals surface area contributed by atoms with E-state index in [1.54, 1.807) is 0 Å². The molecule has 0 bridgehead atoms. The van der Waals surface area contributed by atoms with Crippen molar-refractivity contribution in [1.29, 1.82) is 0 Å². The number of halogens is 3. The van der Waals surface area contributed by atoms with E-state index in [2.05, 4.69) is 0 Å². The second-order valence-corrected chi connectivity index (χ2v) is 3.87. The third-order valence-electron chi connectivity index (χ3n) is 2.18. The molecule has 0 saturated carbocycles. The Kier molecular flexibility index (Phi) is 4.68. The average Bonchev–Trinajstić information content (AvgIpc) is 2.19. The van der Waals surface area contributed by atoms with E-state index in [1.165, 1.54) is 0 Å². The number of carboxylic acids is 1. The lowest BCUT2D eigenvalue weighted by molar-refractivity contribution is -0.137. The molecule has 0 fully saturated rings. The van der Waals surface area contributed by atoms with Crippen molar-refractivity contribution in [3.8, 4) is 0 Å². The minimum Gasteiger partial charge on any atom is -0.481 e. The van der Waals surface area contributed by atoms with Gasteiger partial charge < -0.3 is 5.11 Å². The first-order valence-corrected chi connectivity index (χ1v) is 5.23. The molecule has 0 amide bonds. The fourth-order valence-electron chi connectivity index (χ4n) is 1.35. The lowest BCUT2D eigenvalue weighted by Crippen LogP contribution is -1.97. The molecule has 0 saturated heterocycles. The van der Waals surface area contributed by atoms with Crippen LogP contribution >= 0.6 is 11.6 Å². The smallest absolute Gasteiger partial charge is 0.303 e. The molecule has 5 heteroatoms. The van der Waals surface area contributed by atoms with Gasteiger partial charge in [0.25, 0.3) is 0 Å². The van der Waals surface area contributed by atoms with Crippen molar-refractivity contribution in [3.63, 3.8) is 0 Å². The summed E-state index contributed by atoms with van der Waals surface area (Å²) in [6.45, 7) is 0. The summed E-state index contributed by atoms with van der Waals surface area (Å²) < 4.78 is 26.3. The van der Waals surface area contributed by atoms with Gasteiger partial charge >= 0.3 is 5.97 Å². The average molecular weight is 249 g/mol. The second kappa shape index (κ2) is 5.80. The van der Waals surface area contributed by atoms with Crippen LogP contribution in [0.5, 0.6) is 0 Å². The van der Waals surface area contributed by atoms with E-state index in [9.17, 15) is 13.6 Å². The second-order valence-electron chi connectivity index (χ2n) is 3.46. The van der Waals surface area contributed by atoms with Crippen LogP contribution in [-0.4, -0.2) is 11.1 Å². The van der Waals surface area contributed by atoms with Crippen LogP contribution in [0.3, 0.4) is 0 Å². The topological polar surface area (TPSA) is 37.3 Å². The van der Waals surface area contributed by atoms with E-state index in [0.29, 0.717) is 19.3 Å². The molecule has 0 unspecified atom stereocenters. The maximum absolute atomic E-state index is 13.2. The standard InChI is InChI=1S/C11H11ClF2O2/c12-8-6-9(13)7(5-10(8)14)3-1-2-4-11(15)16/h5-6H,1-4H2,(H,15,16). The Labute approximate surface area is 96.8 Å². The van der Waals surface area contributed by atoms with Gasteiger partial charge in [-0.3, -0.25) is 4.79 Å². The molecule has 1 aromatic rings. The number of hydrogen-bond donors (Lipinski definition) is 1. The highest BCUT2D eigenvalue weighted by atomic mass is 35.5. The fourth-order valence-corrected chi connectivity index (χ4v) is 1.50. The molecule has 0 atom stereocenters. The van der Waals surface area contributed by atoms with Crippen LogP contribution in [0.25, 0.3) is 0 Å². The molecule has 0 radical (unpaired) electrons. The van der Waals surface area contributed by atoms with Gasteiger partial charge in [-0.2, -0.15) is 0 Å². The molecule has 0 spiro atoms. The molecule has 2 nitrogen and oxygen atoms in total. The van der Waals surface area contributed by atoms with E-state index < -0.39 is 17.6 Å². The van der Waals surface area contributed by atoms with Crippen LogP contribution in [0.4, 0.5) is 8.78 Å². The van der Waals surface area contributed by atoms with Gasteiger partial charge in [-0.25, -0.2) is 8.78 Å². The quantitative estimate of drug-likeness (QED) is 0.640. The third kappa shape index (κ3) is 3.77. The Morgan fingerprint density at radius 2 is 1.94 bits per heavy atom. The molecular formula is C11H11ClF2O2. The highest BCUT2D eigenvalue weighted by Crippen LogP contribution is 2.20. The van der Waals surface area contributed by atoms with E-state index in [-0.39, 0.29) is 17.0 Å². The van der Waals surface area contributed by atoms with Crippen molar-refractivity contribution >= 4 is 17.6 Å². The molecule has 1 aromatic carbocycles. The summed E-state index contributed by atoms with van der Waals surface area (Å²) >= 11 is 5.40. The molecule has 16 heavy (non-hydrogen) atoms. The molecule has 0 heterocycles. The van der Waals surface area contributed by atoms with Gasteiger partial charge in [0.1, 0.15) is 11.6 Å². The summed E-state index contributed by atoms with van der Waals surface area (Å²) in [7, 11) is 0. The molecule has 0 aliphatic carbocycles. The highest BCUT2D eigenvalue weighted by Gasteiger charge is 2.08. The van der Waals surface area contributed by atoms with E-state index in [0.717, 1.165) is 12.1 Å². The summed E-state index contributed by atoms with van der Waals surface area (Å²) in [5.41, 5.74) is 0.229. The Bertz CT molecular complexity index is 394. The molecule has 0 aliphatic heterocycles. The van der Waals surface area contributed by atoms with Crippen LogP contribution < -0.4 is 0 Å². The molecule has 0 aliphatic rings.